The second-order valence-electron chi connectivity index (χ2n) is 3.39. The summed E-state index contributed by atoms with van der Waals surface area (Å²) in [6, 6.07) is -1.27. The molecule has 0 heterocycles. The Bertz CT molecular complexity index is 209. The van der Waals surface area contributed by atoms with Crippen LogP contribution in [0.2, 0.25) is 0 Å². The standard InChI is InChI=1S/C8H15F3N2O2/c1-5(3-14)6(2)13-7(15)12-4-8(9,10)11/h5-6,14H,3-4H2,1-2H3,(H2,12,13,15). The van der Waals surface area contributed by atoms with Gasteiger partial charge in [-0.05, 0) is 12.8 Å². The molecule has 0 aliphatic heterocycles. The molecule has 0 rings (SSSR count). The number of rotatable bonds is 4. The number of halogens is 3. The van der Waals surface area contributed by atoms with E-state index in [9.17, 15) is 18.0 Å². The van der Waals surface area contributed by atoms with Crippen molar-refractivity contribution in [1.82, 2.24) is 10.6 Å². The third kappa shape index (κ3) is 7.01. The lowest BCUT2D eigenvalue weighted by Gasteiger charge is -2.19. The fraction of sp³-hybridized carbons (Fsp3) is 0.875. The zero-order valence-electron chi connectivity index (χ0n) is 8.56. The van der Waals surface area contributed by atoms with Crippen molar-refractivity contribution in [1.29, 1.82) is 0 Å². The summed E-state index contributed by atoms with van der Waals surface area (Å²) in [5.41, 5.74) is 0. The van der Waals surface area contributed by atoms with Crippen LogP contribution in [0.15, 0.2) is 0 Å². The molecule has 2 unspecified atom stereocenters. The molecule has 0 radical (unpaired) electrons. The Labute approximate surface area is 85.8 Å². The van der Waals surface area contributed by atoms with E-state index < -0.39 is 18.8 Å². The molecule has 90 valence electrons. The van der Waals surface area contributed by atoms with Gasteiger partial charge >= 0.3 is 12.2 Å². The van der Waals surface area contributed by atoms with Gasteiger partial charge in [-0.25, -0.2) is 4.79 Å². The van der Waals surface area contributed by atoms with Crippen LogP contribution in [0.5, 0.6) is 0 Å². The molecule has 0 aromatic carbocycles. The molecule has 0 aliphatic carbocycles. The van der Waals surface area contributed by atoms with Crippen molar-refractivity contribution < 1.29 is 23.1 Å². The van der Waals surface area contributed by atoms with Gasteiger partial charge in [-0.3, -0.25) is 0 Å². The van der Waals surface area contributed by atoms with Crippen LogP contribution in [-0.2, 0) is 0 Å². The number of amides is 2. The van der Waals surface area contributed by atoms with E-state index in [1.807, 2.05) is 0 Å². The summed E-state index contributed by atoms with van der Waals surface area (Å²) in [5.74, 6) is -0.207. The van der Waals surface area contributed by atoms with Crippen molar-refractivity contribution >= 4 is 6.03 Å². The van der Waals surface area contributed by atoms with Crippen molar-refractivity contribution in [2.45, 2.75) is 26.1 Å². The molecule has 2 atom stereocenters. The molecule has 0 aromatic heterocycles. The summed E-state index contributed by atoms with van der Waals surface area (Å²) in [7, 11) is 0. The Kier molecular flexibility index (Phi) is 5.41. The van der Waals surface area contributed by atoms with E-state index in [0.29, 0.717) is 0 Å². The van der Waals surface area contributed by atoms with Crippen molar-refractivity contribution in [3.05, 3.63) is 0 Å². The van der Waals surface area contributed by atoms with Gasteiger partial charge in [-0.15, -0.1) is 0 Å². The number of carbonyl (C=O) groups is 1. The number of alkyl halides is 3. The van der Waals surface area contributed by atoms with Gasteiger partial charge < -0.3 is 15.7 Å². The maximum absolute atomic E-state index is 11.7. The maximum atomic E-state index is 11.7. The number of hydrogen-bond donors (Lipinski definition) is 3. The normalized spacial score (nSPS) is 15.6. The number of aliphatic hydroxyl groups excluding tert-OH is 1. The van der Waals surface area contributed by atoms with Crippen molar-refractivity contribution in [3.8, 4) is 0 Å². The first-order valence-corrected chi connectivity index (χ1v) is 4.48. The van der Waals surface area contributed by atoms with Crippen LogP contribution in [0.3, 0.4) is 0 Å². The number of nitrogens with one attached hydrogen (secondary N) is 2. The van der Waals surface area contributed by atoms with E-state index in [-0.39, 0.29) is 18.6 Å². The smallest absolute Gasteiger partial charge is 0.396 e. The van der Waals surface area contributed by atoms with Gasteiger partial charge in [0.05, 0.1) is 0 Å². The summed E-state index contributed by atoms with van der Waals surface area (Å²) in [6.07, 6.45) is -4.41. The van der Waals surface area contributed by atoms with Crippen molar-refractivity contribution in [3.63, 3.8) is 0 Å². The van der Waals surface area contributed by atoms with E-state index in [1.54, 1.807) is 19.2 Å². The van der Waals surface area contributed by atoms with Gasteiger partial charge in [-0.2, -0.15) is 13.2 Å². The lowest BCUT2D eigenvalue weighted by Crippen LogP contribution is -2.46. The summed E-state index contributed by atoms with van der Waals surface area (Å²) in [4.78, 5) is 10.9. The largest absolute Gasteiger partial charge is 0.405 e. The molecule has 2 amide bonds. The van der Waals surface area contributed by atoms with E-state index in [1.165, 1.54) is 0 Å². The summed E-state index contributed by atoms with van der Waals surface area (Å²) in [6.45, 7) is 1.78. The number of hydrogen-bond acceptors (Lipinski definition) is 2. The Morgan fingerprint density at radius 2 is 1.93 bits per heavy atom. The van der Waals surface area contributed by atoms with Gasteiger partial charge in [0.2, 0.25) is 0 Å². The second kappa shape index (κ2) is 5.79. The minimum atomic E-state index is -4.41. The highest BCUT2D eigenvalue weighted by Crippen LogP contribution is 2.12. The van der Waals surface area contributed by atoms with Crippen LogP contribution < -0.4 is 10.6 Å². The Morgan fingerprint density at radius 1 is 1.40 bits per heavy atom. The molecule has 7 heteroatoms. The zero-order chi connectivity index (χ0) is 12.1. The van der Waals surface area contributed by atoms with E-state index >= 15 is 0 Å². The molecular formula is C8H15F3N2O2. The second-order valence-corrected chi connectivity index (χ2v) is 3.39. The summed E-state index contributed by atoms with van der Waals surface area (Å²) < 4.78 is 35.1. The first-order valence-electron chi connectivity index (χ1n) is 4.48. The van der Waals surface area contributed by atoms with Gasteiger partial charge in [0.15, 0.2) is 0 Å². The molecule has 0 saturated heterocycles. The van der Waals surface area contributed by atoms with Crippen LogP contribution in [0.1, 0.15) is 13.8 Å². The topological polar surface area (TPSA) is 61.4 Å². The predicted molar refractivity (Wildman–Crippen MR) is 48.3 cm³/mol. The Morgan fingerprint density at radius 3 is 2.33 bits per heavy atom. The minimum Gasteiger partial charge on any atom is -0.396 e. The van der Waals surface area contributed by atoms with Crippen molar-refractivity contribution in [2.75, 3.05) is 13.2 Å². The fourth-order valence-electron chi connectivity index (χ4n) is 0.739. The summed E-state index contributed by atoms with van der Waals surface area (Å²) in [5, 5.41) is 12.7. The summed E-state index contributed by atoms with van der Waals surface area (Å²) >= 11 is 0. The number of carbonyl (C=O) groups excluding carboxylic acids is 1. The lowest BCUT2D eigenvalue weighted by molar-refractivity contribution is -0.122. The predicted octanol–water partition coefficient (Wildman–Crippen LogP) is 0.865. The van der Waals surface area contributed by atoms with Crippen molar-refractivity contribution in [2.24, 2.45) is 5.92 Å². The molecular weight excluding hydrogens is 213 g/mol. The van der Waals surface area contributed by atoms with Gasteiger partial charge in [-0.1, -0.05) is 6.92 Å². The van der Waals surface area contributed by atoms with Gasteiger partial charge in [0.25, 0.3) is 0 Å². The quantitative estimate of drug-likeness (QED) is 0.668. The highest BCUT2D eigenvalue weighted by molar-refractivity contribution is 5.74. The Balaban J connectivity index is 3.84. The fourth-order valence-corrected chi connectivity index (χ4v) is 0.739. The average Bonchev–Trinajstić information content (AvgIpc) is 2.12. The van der Waals surface area contributed by atoms with E-state index in [2.05, 4.69) is 5.32 Å². The van der Waals surface area contributed by atoms with Crippen LogP contribution in [-0.4, -0.2) is 36.5 Å². The first kappa shape index (κ1) is 14.0. The molecule has 0 fully saturated rings. The number of aliphatic hydroxyl groups is 1. The van der Waals surface area contributed by atoms with Crippen LogP contribution in [0.25, 0.3) is 0 Å². The zero-order valence-corrected chi connectivity index (χ0v) is 8.56. The van der Waals surface area contributed by atoms with E-state index in [4.69, 9.17) is 5.11 Å². The minimum absolute atomic E-state index is 0.138. The monoisotopic (exact) mass is 228 g/mol. The SMILES string of the molecule is CC(CO)C(C)NC(=O)NCC(F)(F)F. The third-order valence-electron chi connectivity index (χ3n) is 1.95. The maximum Gasteiger partial charge on any atom is 0.405 e. The third-order valence-corrected chi connectivity index (χ3v) is 1.95. The number of urea groups is 1. The van der Waals surface area contributed by atoms with Gasteiger partial charge in [0, 0.05) is 12.6 Å². The van der Waals surface area contributed by atoms with Gasteiger partial charge in [0.1, 0.15) is 6.54 Å². The molecule has 0 bridgehead atoms. The first-order chi connectivity index (χ1) is 6.76. The highest BCUT2D eigenvalue weighted by Gasteiger charge is 2.28. The molecule has 3 N–H and O–H groups in total. The van der Waals surface area contributed by atoms with Crippen LogP contribution >= 0.6 is 0 Å². The molecule has 4 nitrogen and oxygen atoms in total. The molecule has 0 spiro atoms. The van der Waals surface area contributed by atoms with E-state index in [0.717, 1.165) is 0 Å². The molecule has 15 heavy (non-hydrogen) atoms. The molecule has 0 aliphatic rings. The van der Waals surface area contributed by atoms with Crippen LogP contribution in [0.4, 0.5) is 18.0 Å². The van der Waals surface area contributed by atoms with Crippen LogP contribution in [0, 0.1) is 5.92 Å². The average molecular weight is 228 g/mol. The molecule has 0 aromatic rings. The molecule has 0 saturated carbocycles. The Hall–Kier alpha value is -0.980. The highest BCUT2D eigenvalue weighted by atomic mass is 19.4. The lowest BCUT2D eigenvalue weighted by atomic mass is 10.1.